The molecule has 128 valence electrons. The van der Waals surface area contributed by atoms with Gasteiger partial charge in [0.25, 0.3) is 0 Å². The molecule has 1 aromatic carbocycles. The quantitative estimate of drug-likeness (QED) is 0.797. The molecule has 1 saturated heterocycles. The highest BCUT2D eigenvalue weighted by molar-refractivity contribution is 9.10. The summed E-state index contributed by atoms with van der Waals surface area (Å²) in [6, 6.07) is 8.21. The lowest BCUT2D eigenvalue weighted by Crippen LogP contribution is -2.44. The Kier molecular flexibility index (Phi) is 5.30. The SMILES string of the molecule is CC(C)C(=O)N1CCC(Nc2ccc3cc(Br)cc(Cl)c3n2)CC1. The van der Waals surface area contributed by atoms with Crippen molar-refractivity contribution in [2.24, 2.45) is 5.92 Å². The Morgan fingerprint density at radius 3 is 2.71 bits per heavy atom. The number of aromatic nitrogens is 1. The Morgan fingerprint density at radius 1 is 1.33 bits per heavy atom. The molecule has 1 fully saturated rings. The highest BCUT2D eigenvalue weighted by Crippen LogP contribution is 2.28. The maximum Gasteiger partial charge on any atom is 0.225 e. The molecular weight excluding hydrogens is 390 g/mol. The van der Waals surface area contributed by atoms with Crippen LogP contribution in [0, 0.1) is 5.92 Å². The van der Waals surface area contributed by atoms with Crippen LogP contribution in [0.2, 0.25) is 5.02 Å². The van der Waals surface area contributed by atoms with Crippen molar-refractivity contribution in [2.75, 3.05) is 18.4 Å². The van der Waals surface area contributed by atoms with Crippen LogP contribution in [0.4, 0.5) is 5.82 Å². The van der Waals surface area contributed by atoms with Gasteiger partial charge in [-0.05, 0) is 37.1 Å². The van der Waals surface area contributed by atoms with Crippen molar-refractivity contribution < 1.29 is 4.79 Å². The summed E-state index contributed by atoms with van der Waals surface area (Å²) in [7, 11) is 0. The summed E-state index contributed by atoms with van der Waals surface area (Å²) in [6.45, 7) is 5.51. The molecule has 1 aliphatic rings. The van der Waals surface area contributed by atoms with Gasteiger partial charge in [-0.3, -0.25) is 4.79 Å². The van der Waals surface area contributed by atoms with E-state index in [1.807, 2.05) is 43.0 Å². The molecule has 6 heteroatoms. The summed E-state index contributed by atoms with van der Waals surface area (Å²) < 4.78 is 0.949. The summed E-state index contributed by atoms with van der Waals surface area (Å²) in [6.07, 6.45) is 1.87. The number of benzene rings is 1. The summed E-state index contributed by atoms with van der Waals surface area (Å²) in [5, 5.41) is 5.13. The van der Waals surface area contributed by atoms with E-state index in [1.165, 1.54) is 0 Å². The zero-order valence-corrected chi connectivity index (χ0v) is 16.2. The molecule has 3 rings (SSSR count). The van der Waals surface area contributed by atoms with E-state index < -0.39 is 0 Å². The number of carbonyl (C=O) groups is 1. The number of rotatable bonds is 3. The summed E-state index contributed by atoms with van der Waals surface area (Å²) in [4.78, 5) is 18.7. The smallest absolute Gasteiger partial charge is 0.225 e. The lowest BCUT2D eigenvalue weighted by atomic mass is 10.0. The minimum absolute atomic E-state index is 0.0677. The molecule has 24 heavy (non-hydrogen) atoms. The van der Waals surface area contributed by atoms with Gasteiger partial charge in [-0.1, -0.05) is 41.4 Å². The van der Waals surface area contributed by atoms with Crippen LogP contribution >= 0.6 is 27.5 Å². The van der Waals surface area contributed by atoms with E-state index in [9.17, 15) is 4.79 Å². The number of hydrogen-bond donors (Lipinski definition) is 1. The standard InChI is InChI=1S/C18H21BrClN3O/c1-11(2)18(24)23-7-5-14(6-8-23)21-16-4-3-12-9-13(19)10-15(20)17(12)22-16/h3-4,9-11,14H,5-8H2,1-2H3,(H,21,22). The molecule has 0 aliphatic carbocycles. The van der Waals surface area contributed by atoms with Crippen LogP contribution in [0.15, 0.2) is 28.7 Å². The van der Waals surface area contributed by atoms with Crippen LogP contribution in [0.1, 0.15) is 26.7 Å². The molecule has 2 heterocycles. The van der Waals surface area contributed by atoms with E-state index in [1.54, 1.807) is 0 Å². The Morgan fingerprint density at radius 2 is 2.04 bits per heavy atom. The van der Waals surface area contributed by atoms with Gasteiger partial charge >= 0.3 is 0 Å². The predicted molar refractivity (Wildman–Crippen MR) is 103 cm³/mol. The van der Waals surface area contributed by atoms with Crippen molar-refractivity contribution in [1.82, 2.24) is 9.88 Å². The molecule has 0 atom stereocenters. The monoisotopic (exact) mass is 409 g/mol. The zero-order valence-electron chi connectivity index (χ0n) is 13.9. The number of nitrogens with zero attached hydrogens (tertiary/aromatic N) is 2. The highest BCUT2D eigenvalue weighted by atomic mass is 79.9. The average molecular weight is 411 g/mol. The summed E-state index contributed by atoms with van der Waals surface area (Å²) >= 11 is 9.74. The second kappa shape index (κ2) is 7.28. The summed E-state index contributed by atoms with van der Waals surface area (Å²) in [5.41, 5.74) is 0.803. The fraction of sp³-hybridized carbons (Fsp3) is 0.444. The summed E-state index contributed by atoms with van der Waals surface area (Å²) in [5.74, 6) is 1.15. The third-order valence-corrected chi connectivity index (χ3v) is 5.11. The molecule has 4 nitrogen and oxygen atoms in total. The maximum atomic E-state index is 12.0. The van der Waals surface area contributed by atoms with Gasteiger partial charge in [0.05, 0.1) is 10.5 Å². The largest absolute Gasteiger partial charge is 0.367 e. The van der Waals surface area contributed by atoms with Crippen LogP contribution in [0.5, 0.6) is 0 Å². The number of pyridine rings is 1. The molecule has 1 amide bonds. The number of nitrogens with one attached hydrogen (secondary N) is 1. The highest BCUT2D eigenvalue weighted by Gasteiger charge is 2.24. The fourth-order valence-corrected chi connectivity index (χ4v) is 3.93. The van der Waals surface area contributed by atoms with Gasteiger partial charge in [-0.15, -0.1) is 0 Å². The first-order valence-electron chi connectivity index (χ1n) is 8.25. The first kappa shape index (κ1) is 17.5. The first-order valence-corrected chi connectivity index (χ1v) is 9.42. The molecule has 2 aromatic rings. The molecule has 0 radical (unpaired) electrons. The van der Waals surface area contributed by atoms with Crippen LogP contribution < -0.4 is 5.32 Å². The third kappa shape index (κ3) is 3.83. The number of fused-ring (bicyclic) bond motifs is 1. The normalized spacial score (nSPS) is 16.0. The van der Waals surface area contributed by atoms with Crippen molar-refractivity contribution in [2.45, 2.75) is 32.7 Å². The lowest BCUT2D eigenvalue weighted by molar-refractivity contribution is -0.135. The van der Waals surface area contributed by atoms with Crippen molar-refractivity contribution >= 4 is 50.2 Å². The lowest BCUT2D eigenvalue weighted by Gasteiger charge is -2.33. The van der Waals surface area contributed by atoms with Crippen molar-refractivity contribution in [1.29, 1.82) is 0 Å². The fourth-order valence-electron chi connectivity index (χ4n) is 3.06. The van der Waals surface area contributed by atoms with E-state index >= 15 is 0 Å². The zero-order chi connectivity index (χ0) is 17.3. The number of anilines is 1. The van der Waals surface area contributed by atoms with Crippen molar-refractivity contribution in [3.63, 3.8) is 0 Å². The van der Waals surface area contributed by atoms with Gasteiger partial charge in [0.1, 0.15) is 5.82 Å². The number of piperidine rings is 1. The molecule has 0 saturated carbocycles. The van der Waals surface area contributed by atoms with Crippen LogP contribution in [-0.4, -0.2) is 34.9 Å². The van der Waals surface area contributed by atoms with E-state index in [4.69, 9.17) is 11.6 Å². The molecule has 1 aliphatic heterocycles. The number of likely N-dealkylation sites (tertiary alicyclic amines) is 1. The van der Waals surface area contributed by atoms with Crippen molar-refractivity contribution in [3.05, 3.63) is 33.8 Å². The number of carbonyl (C=O) groups excluding carboxylic acids is 1. The number of hydrogen-bond acceptors (Lipinski definition) is 3. The molecule has 1 aromatic heterocycles. The second-order valence-electron chi connectivity index (χ2n) is 6.55. The predicted octanol–water partition coefficient (Wildman–Crippen LogP) is 4.71. The van der Waals surface area contributed by atoms with Crippen LogP contribution in [0.3, 0.4) is 0 Å². The number of halogens is 2. The van der Waals surface area contributed by atoms with E-state index in [0.29, 0.717) is 11.1 Å². The van der Waals surface area contributed by atoms with Gasteiger partial charge in [-0.2, -0.15) is 0 Å². The minimum atomic E-state index is 0.0677. The Bertz CT molecular complexity index is 757. The maximum absolute atomic E-state index is 12.0. The third-order valence-electron chi connectivity index (χ3n) is 4.36. The topological polar surface area (TPSA) is 45.2 Å². The Hall–Kier alpha value is -1.33. The van der Waals surface area contributed by atoms with Gasteiger partial charge < -0.3 is 10.2 Å². The first-order chi connectivity index (χ1) is 11.4. The van der Waals surface area contributed by atoms with Crippen molar-refractivity contribution in [3.8, 4) is 0 Å². The Labute approximate surface area is 155 Å². The Balaban J connectivity index is 1.67. The van der Waals surface area contributed by atoms with Crippen LogP contribution in [-0.2, 0) is 4.79 Å². The van der Waals surface area contributed by atoms with E-state index in [2.05, 4.69) is 26.2 Å². The molecule has 0 spiro atoms. The molecule has 0 unspecified atom stereocenters. The van der Waals surface area contributed by atoms with Gasteiger partial charge in [-0.25, -0.2) is 4.98 Å². The van der Waals surface area contributed by atoms with E-state index in [-0.39, 0.29) is 11.8 Å². The van der Waals surface area contributed by atoms with E-state index in [0.717, 1.165) is 47.1 Å². The molecular formula is C18H21BrClN3O. The van der Waals surface area contributed by atoms with Gasteiger partial charge in [0.15, 0.2) is 0 Å². The number of amides is 1. The second-order valence-corrected chi connectivity index (χ2v) is 7.88. The minimum Gasteiger partial charge on any atom is -0.367 e. The van der Waals surface area contributed by atoms with Gasteiger partial charge in [0, 0.05) is 34.9 Å². The van der Waals surface area contributed by atoms with Crippen LogP contribution in [0.25, 0.3) is 10.9 Å². The van der Waals surface area contributed by atoms with Gasteiger partial charge in [0.2, 0.25) is 5.91 Å². The average Bonchev–Trinajstić information content (AvgIpc) is 2.55. The molecule has 1 N–H and O–H groups in total. The molecule has 0 bridgehead atoms.